The van der Waals surface area contributed by atoms with Gasteiger partial charge in [-0.2, -0.15) is 5.10 Å². The third-order valence-electron chi connectivity index (χ3n) is 3.98. The third-order valence-corrected chi connectivity index (χ3v) is 3.98. The van der Waals surface area contributed by atoms with Crippen LogP contribution in [0.1, 0.15) is 28.7 Å². The summed E-state index contributed by atoms with van der Waals surface area (Å²) in [5.41, 5.74) is 2.60. The minimum atomic E-state index is 0.0430. The number of amides is 1. The Kier molecular flexibility index (Phi) is 3.94. The molecule has 0 aliphatic carbocycles. The molecule has 6 nitrogen and oxygen atoms in total. The molecule has 0 radical (unpaired) electrons. The molecule has 2 aromatic rings. The summed E-state index contributed by atoms with van der Waals surface area (Å²) in [4.78, 5) is 18.9. The van der Waals surface area contributed by atoms with Gasteiger partial charge < -0.3 is 10.2 Å². The average molecular weight is 299 g/mol. The van der Waals surface area contributed by atoms with E-state index in [2.05, 4.69) is 22.3 Å². The first-order chi connectivity index (χ1) is 10.6. The van der Waals surface area contributed by atoms with E-state index in [1.807, 2.05) is 36.9 Å². The van der Waals surface area contributed by atoms with Crippen LogP contribution in [0.25, 0.3) is 5.82 Å². The molecule has 3 heterocycles. The zero-order chi connectivity index (χ0) is 15.7. The van der Waals surface area contributed by atoms with Crippen LogP contribution in [0.15, 0.2) is 24.4 Å². The molecule has 22 heavy (non-hydrogen) atoms. The normalized spacial score (nSPS) is 18.5. The molecule has 1 unspecified atom stereocenters. The second kappa shape index (κ2) is 5.88. The minimum Gasteiger partial charge on any atom is -0.333 e. The van der Waals surface area contributed by atoms with Crippen molar-refractivity contribution in [3.63, 3.8) is 0 Å². The summed E-state index contributed by atoms with van der Waals surface area (Å²) in [6.07, 6.45) is 1.64. The van der Waals surface area contributed by atoms with Crippen LogP contribution in [0.3, 0.4) is 0 Å². The number of nitrogens with zero attached hydrogens (tertiary/aromatic N) is 4. The highest BCUT2D eigenvalue weighted by atomic mass is 16.2. The Hall–Kier alpha value is -2.21. The topological polar surface area (TPSA) is 63.1 Å². The van der Waals surface area contributed by atoms with Crippen molar-refractivity contribution in [1.29, 1.82) is 0 Å². The molecular weight excluding hydrogens is 278 g/mol. The smallest absolute Gasteiger partial charge is 0.255 e. The highest BCUT2D eigenvalue weighted by molar-refractivity contribution is 5.94. The predicted molar refractivity (Wildman–Crippen MR) is 84.2 cm³/mol. The highest BCUT2D eigenvalue weighted by Gasteiger charge is 2.24. The van der Waals surface area contributed by atoms with Crippen LogP contribution in [-0.2, 0) is 0 Å². The molecule has 1 atom stereocenters. The van der Waals surface area contributed by atoms with E-state index in [0.717, 1.165) is 36.8 Å². The third kappa shape index (κ3) is 2.74. The van der Waals surface area contributed by atoms with Gasteiger partial charge in [-0.25, -0.2) is 9.67 Å². The molecular formula is C16H21N5O. The quantitative estimate of drug-likeness (QED) is 0.908. The molecule has 0 bridgehead atoms. The van der Waals surface area contributed by atoms with Gasteiger partial charge in [-0.15, -0.1) is 0 Å². The highest BCUT2D eigenvalue weighted by Crippen LogP contribution is 2.13. The number of pyridine rings is 1. The van der Waals surface area contributed by atoms with Gasteiger partial charge in [0.1, 0.15) is 0 Å². The Morgan fingerprint density at radius 2 is 2.18 bits per heavy atom. The maximum absolute atomic E-state index is 12.6. The van der Waals surface area contributed by atoms with E-state index >= 15 is 0 Å². The molecule has 6 heteroatoms. The number of hydrogen-bond donors (Lipinski definition) is 1. The van der Waals surface area contributed by atoms with Crippen LogP contribution >= 0.6 is 0 Å². The molecule has 1 N–H and O–H groups in total. The van der Waals surface area contributed by atoms with Crippen molar-refractivity contribution in [2.24, 2.45) is 0 Å². The lowest BCUT2D eigenvalue weighted by Gasteiger charge is -2.33. The fourth-order valence-corrected chi connectivity index (χ4v) is 2.81. The van der Waals surface area contributed by atoms with Crippen molar-refractivity contribution in [1.82, 2.24) is 25.0 Å². The van der Waals surface area contributed by atoms with Crippen LogP contribution in [0.2, 0.25) is 0 Å². The minimum absolute atomic E-state index is 0.0430. The van der Waals surface area contributed by atoms with Gasteiger partial charge in [0.25, 0.3) is 5.91 Å². The van der Waals surface area contributed by atoms with E-state index < -0.39 is 0 Å². The SMILES string of the molecule is Cc1cc(C)n(-c2ccc(C(=O)N3CCNCC3C)cn2)n1. The first-order valence-electron chi connectivity index (χ1n) is 7.57. The summed E-state index contributed by atoms with van der Waals surface area (Å²) in [5, 5.41) is 7.70. The van der Waals surface area contributed by atoms with E-state index in [0.29, 0.717) is 5.56 Å². The van der Waals surface area contributed by atoms with E-state index in [1.54, 1.807) is 10.9 Å². The van der Waals surface area contributed by atoms with Crippen LogP contribution < -0.4 is 5.32 Å². The van der Waals surface area contributed by atoms with Gasteiger partial charge in [0, 0.05) is 37.6 Å². The van der Waals surface area contributed by atoms with Crippen LogP contribution in [0.4, 0.5) is 0 Å². The molecule has 0 spiro atoms. The van der Waals surface area contributed by atoms with Gasteiger partial charge in [0.05, 0.1) is 11.3 Å². The van der Waals surface area contributed by atoms with Crippen molar-refractivity contribution in [3.05, 3.63) is 41.3 Å². The summed E-state index contributed by atoms with van der Waals surface area (Å²) in [5.74, 6) is 0.775. The molecule has 1 aliphatic heterocycles. The fraction of sp³-hybridized carbons (Fsp3) is 0.438. The van der Waals surface area contributed by atoms with Crippen molar-refractivity contribution >= 4 is 5.91 Å². The lowest BCUT2D eigenvalue weighted by atomic mass is 10.1. The zero-order valence-corrected chi connectivity index (χ0v) is 13.2. The number of carbonyl (C=O) groups excluding carboxylic acids is 1. The number of piperazine rings is 1. The standard InChI is InChI=1S/C16H21N5O/c1-11-8-12(2)21(19-11)15-5-4-14(10-18-15)16(22)20-7-6-17-9-13(20)3/h4-5,8,10,13,17H,6-7,9H2,1-3H3. The van der Waals surface area contributed by atoms with Crippen LogP contribution in [0.5, 0.6) is 0 Å². The summed E-state index contributed by atoms with van der Waals surface area (Å²) >= 11 is 0. The monoisotopic (exact) mass is 299 g/mol. The Morgan fingerprint density at radius 1 is 1.36 bits per heavy atom. The summed E-state index contributed by atoms with van der Waals surface area (Å²) in [6.45, 7) is 8.41. The van der Waals surface area contributed by atoms with Crippen LogP contribution in [-0.4, -0.2) is 51.2 Å². The first-order valence-corrected chi connectivity index (χ1v) is 7.57. The van der Waals surface area contributed by atoms with Gasteiger partial charge in [-0.3, -0.25) is 4.79 Å². The van der Waals surface area contributed by atoms with Crippen molar-refractivity contribution in [2.45, 2.75) is 26.8 Å². The lowest BCUT2D eigenvalue weighted by Crippen LogP contribution is -2.52. The Bertz CT molecular complexity index is 676. The van der Waals surface area contributed by atoms with Gasteiger partial charge >= 0.3 is 0 Å². The predicted octanol–water partition coefficient (Wildman–Crippen LogP) is 1.32. The largest absolute Gasteiger partial charge is 0.333 e. The first kappa shape index (κ1) is 14.7. The van der Waals surface area contributed by atoms with Crippen LogP contribution in [0, 0.1) is 13.8 Å². The molecule has 3 rings (SSSR count). The number of aryl methyl sites for hydroxylation is 2. The van der Waals surface area contributed by atoms with Crippen molar-refractivity contribution < 1.29 is 4.79 Å². The van der Waals surface area contributed by atoms with E-state index in [4.69, 9.17) is 0 Å². The molecule has 0 aromatic carbocycles. The number of carbonyl (C=O) groups is 1. The number of hydrogen-bond acceptors (Lipinski definition) is 4. The second-order valence-corrected chi connectivity index (χ2v) is 5.80. The van der Waals surface area contributed by atoms with Gasteiger partial charge in [-0.05, 0) is 39.0 Å². The molecule has 1 amide bonds. The van der Waals surface area contributed by atoms with Gasteiger partial charge in [0.15, 0.2) is 5.82 Å². The maximum Gasteiger partial charge on any atom is 0.255 e. The average Bonchev–Trinajstić information content (AvgIpc) is 2.86. The Balaban J connectivity index is 1.82. The van der Waals surface area contributed by atoms with E-state index in [9.17, 15) is 4.79 Å². The number of nitrogens with one attached hydrogen (secondary N) is 1. The Morgan fingerprint density at radius 3 is 2.77 bits per heavy atom. The number of rotatable bonds is 2. The maximum atomic E-state index is 12.6. The van der Waals surface area contributed by atoms with Crippen molar-refractivity contribution in [3.8, 4) is 5.82 Å². The number of aromatic nitrogens is 3. The molecule has 116 valence electrons. The lowest BCUT2D eigenvalue weighted by molar-refractivity contribution is 0.0655. The van der Waals surface area contributed by atoms with Gasteiger partial charge in [-0.1, -0.05) is 0 Å². The molecule has 2 aromatic heterocycles. The molecule has 1 aliphatic rings. The summed E-state index contributed by atoms with van der Waals surface area (Å²) in [6, 6.07) is 5.88. The van der Waals surface area contributed by atoms with Crippen molar-refractivity contribution in [2.75, 3.05) is 19.6 Å². The second-order valence-electron chi connectivity index (χ2n) is 5.80. The van der Waals surface area contributed by atoms with E-state index in [-0.39, 0.29) is 11.9 Å². The Labute approximate surface area is 130 Å². The summed E-state index contributed by atoms with van der Waals surface area (Å²) in [7, 11) is 0. The molecule has 1 saturated heterocycles. The molecule has 1 fully saturated rings. The fourth-order valence-electron chi connectivity index (χ4n) is 2.81. The summed E-state index contributed by atoms with van der Waals surface area (Å²) < 4.78 is 1.79. The molecule has 0 saturated carbocycles. The van der Waals surface area contributed by atoms with Gasteiger partial charge in [0.2, 0.25) is 0 Å². The van der Waals surface area contributed by atoms with E-state index in [1.165, 1.54) is 0 Å². The zero-order valence-electron chi connectivity index (χ0n) is 13.2.